The molecule has 1 saturated heterocycles. The van der Waals surface area contributed by atoms with Gasteiger partial charge in [-0.25, -0.2) is 4.98 Å². The van der Waals surface area contributed by atoms with Crippen LogP contribution in [0, 0.1) is 0 Å². The maximum atomic E-state index is 6.22. The number of morpholine rings is 1. The standard InChI is InChI=1S/C15H24ClN3O/c1-3-5-17-9-12-8-15(18-10-14(12)16)19-6-7-20-13(4-2)11-19/h8,10,13,17H,3-7,9,11H2,1-2H3. The zero-order chi connectivity index (χ0) is 14.4. The van der Waals surface area contributed by atoms with Crippen LogP contribution in [0.4, 0.5) is 5.82 Å². The highest BCUT2D eigenvalue weighted by atomic mass is 35.5. The van der Waals surface area contributed by atoms with Crippen molar-refractivity contribution in [3.05, 3.63) is 22.8 Å². The lowest BCUT2D eigenvalue weighted by Gasteiger charge is -2.33. The van der Waals surface area contributed by atoms with E-state index in [1.54, 1.807) is 6.20 Å². The van der Waals surface area contributed by atoms with Gasteiger partial charge in [-0.2, -0.15) is 0 Å². The molecule has 0 bridgehead atoms. The van der Waals surface area contributed by atoms with Crippen LogP contribution < -0.4 is 10.2 Å². The number of hydrogen-bond acceptors (Lipinski definition) is 4. The van der Waals surface area contributed by atoms with Crippen LogP contribution in [0.15, 0.2) is 12.3 Å². The molecule has 0 amide bonds. The minimum atomic E-state index is 0.308. The lowest BCUT2D eigenvalue weighted by Crippen LogP contribution is -2.42. The highest BCUT2D eigenvalue weighted by Gasteiger charge is 2.20. The average Bonchev–Trinajstić information content (AvgIpc) is 2.49. The first kappa shape index (κ1) is 15.5. The maximum absolute atomic E-state index is 6.22. The Bertz CT molecular complexity index is 428. The number of rotatable bonds is 6. The predicted octanol–water partition coefficient (Wildman–Crippen LogP) is 2.85. The average molecular weight is 298 g/mol. The molecule has 1 aliphatic heterocycles. The summed E-state index contributed by atoms with van der Waals surface area (Å²) in [7, 11) is 0. The highest BCUT2D eigenvalue weighted by molar-refractivity contribution is 6.31. The van der Waals surface area contributed by atoms with Gasteiger partial charge in [0.2, 0.25) is 0 Å². The number of ether oxygens (including phenoxy) is 1. The topological polar surface area (TPSA) is 37.4 Å². The van der Waals surface area contributed by atoms with Crippen molar-refractivity contribution >= 4 is 17.4 Å². The van der Waals surface area contributed by atoms with E-state index in [9.17, 15) is 0 Å². The molecule has 112 valence electrons. The maximum Gasteiger partial charge on any atom is 0.129 e. The summed E-state index contributed by atoms with van der Waals surface area (Å²) in [5, 5.41) is 4.12. The lowest BCUT2D eigenvalue weighted by atomic mass is 10.2. The first-order valence-corrected chi connectivity index (χ1v) is 7.84. The molecule has 0 aliphatic carbocycles. The molecule has 2 rings (SSSR count). The molecule has 0 aromatic carbocycles. The molecule has 2 heterocycles. The van der Waals surface area contributed by atoms with Gasteiger partial charge in [0.15, 0.2) is 0 Å². The van der Waals surface area contributed by atoms with Crippen molar-refractivity contribution in [2.24, 2.45) is 0 Å². The molecule has 4 nitrogen and oxygen atoms in total. The van der Waals surface area contributed by atoms with Crippen LogP contribution in [-0.4, -0.2) is 37.3 Å². The summed E-state index contributed by atoms with van der Waals surface area (Å²) in [5.41, 5.74) is 1.12. The first-order chi connectivity index (χ1) is 9.74. The van der Waals surface area contributed by atoms with E-state index in [4.69, 9.17) is 16.3 Å². The van der Waals surface area contributed by atoms with Crippen molar-refractivity contribution in [1.82, 2.24) is 10.3 Å². The number of pyridine rings is 1. The Morgan fingerprint density at radius 1 is 1.50 bits per heavy atom. The molecule has 5 heteroatoms. The number of aromatic nitrogens is 1. The third-order valence-corrected chi connectivity index (χ3v) is 3.92. The summed E-state index contributed by atoms with van der Waals surface area (Å²) in [6, 6.07) is 2.10. The number of nitrogens with one attached hydrogen (secondary N) is 1. The molecular formula is C15H24ClN3O. The van der Waals surface area contributed by atoms with Crippen LogP contribution in [-0.2, 0) is 11.3 Å². The fraction of sp³-hybridized carbons (Fsp3) is 0.667. The van der Waals surface area contributed by atoms with E-state index in [0.29, 0.717) is 6.10 Å². The number of anilines is 1. The largest absolute Gasteiger partial charge is 0.375 e. The minimum Gasteiger partial charge on any atom is -0.375 e. The van der Waals surface area contributed by atoms with E-state index in [0.717, 1.165) is 62.0 Å². The normalized spacial score (nSPS) is 19.4. The van der Waals surface area contributed by atoms with Gasteiger partial charge in [-0.15, -0.1) is 0 Å². The minimum absolute atomic E-state index is 0.308. The summed E-state index contributed by atoms with van der Waals surface area (Å²) < 4.78 is 5.70. The summed E-state index contributed by atoms with van der Waals surface area (Å²) in [6.45, 7) is 8.69. The fourth-order valence-electron chi connectivity index (χ4n) is 2.35. The van der Waals surface area contributed by atoms with Gasteiger partial charge in [0, 0.05) is 25.8 Å². The van der Waals surface area contributed by atoms with Gasteiger partial charge >= 0.3 is 0 Å². The molecule has 0 spiro atoms. The molecule has 1 aromatic rings. The van der Waals surface area contributed by atoms with Crippen molar-refractivity contribution in [2.45, 2.75) is 39.3 Å². The van der Waals surface area contributed by atoms with E-state index >= 15 is 0 Å². The zero-order valence-corrected chi connectivity index (χ0v) is 13.1. The molecule has 1 aliphatic rings. The number of nitrogens with zero attached hydrogens (tertiary/aromatic N) is 2. The third-order valence-electron chi connectivity index (χ3n) is 3.58. The van der Waals surface area contributed by atoms with Gasteiger partial charge < -0.3 is 15.0 Å². The van der Waals surface area contributed by atoms with Gasteiger partial charge in [0.05, 0.1) is 17.7 Å². The summed E-state index contributed by atoms with van der Waals surface area (Å²) in [4.78, 5) is 6.76. The van der Waals surface area contributed by atoms with Crippen LogP contribution >= 0.6 is 11.6 Å². The van der Waals surface area contributed by atoms with Crippen molar-refractivity contribution in [3.63, 3.8) is 0 Å². The fourth-order valence-corrected chi connectivity index (χ4v) is 2.52. The smallest absolute Gasteiger partial charge is 0.129 e. The Morgan fingerprint density at radius 3 is 3.10 bits per heavy atom. The first-order valence-electron chi connectivity index (χ1n) is 7.46. The Labute approximate surface area is 126 Å². The van der Waals surface area contributed by atoms with Crippen molar-refractivity contribution < 1.29 is 4.74 Å². The third kappa shape index (κ3) is 4.08. The molecule has 20 heavy (non-hydrogen) atoms. The second-order valence-corrected chi connectivity index (χ2v) is 5.56. The van der Waals surface area contributed by atoms with Crippen LogP contribution in [0.1, 0.15) is 32.3 Å². The zero-order valence-electron chi connectivity index (χ0n) is 12.4. The number of halogens is 1. The van der Waals surface area contributed by atoms with Crippen LogP contribution in [0.2, 0.25) is 5.02 Å². The predicted molar refractivity (Wildman–Crippen MR) is 83.5 cm³/mol. The second kappa shape index (κ2) is 7.81. The molecular weight excluding hydrogens is 274 g/mol. The van der Waals surface area contributed by atoms with Crippen molar-refractivity contribution in [1.29, 1.82) is 0 Å². The second-order valence-electron chi connectivity index (χ2n) is 5.16. The summed E-state index contributed by atoms with van der Waals surface area (Å²) in [6.07, 6.45) is 4.23. The Balaban J connectivity index is 2.05. The highest BCUT2D eigenvalue weighted by Crippen LogP contribution is 2.22. The van der Waals surface area contributed by atoms with Gasteiger partial charge in [0.1, 0.15) is 5.82 Å². The van der Waals surface area contributed by atoms with E-state index in [1.807, 2.05) is 0 Å². The van der Waals surface area contributed by atoms with Crippen LogP contribution in [0.5, 0.6) is 0 Å². The van der Waals surface area contributed by atoms with Gasteiger partial charge in [0.25, 0.3) is 0 Å². The molecule has 1 atom stereocenters. The molecule has 0 radical (unpaired) electrons. The van der Waals surface area contributed by atoms with Gasteiger partial charge in [-0.3, -0.25) is 0 Å². The van der Waals surface area contributed by atoms with E-state index in [2.05, 4.69) is 35.1 Å². The molecule has 0 saturated carbocycles. The van der Waals surface area contributed by atoms with Gasteiger partial charge in [-0.1, -0.05) is 25.4 Å². The summed E-state index contributed by atoms with van der Waals surface area (Å²) in [5.74, 6) is 1.00. The molecule has 1 N–H and O–H groups in total. The van der Waals surface area contributed by atoms with Crippen molar-refractivity contribution in [3.8, 4) is 0 Å². The SMILES string of the molecule is CCCNCc1cc(N2CCOC(CC)C2)ncc1Cl. The Morgan fingerprint density at radius 2 is 2.35 bits per heavy atom. The van der Waals surface area contributed by atoms with Crippen molar-refractivity contribution in [2.75, 3.05) is 31.1 Å². The molecule has 1 aromatic heterocycles. The lowest BCUT2D eigenvalue weighted by molar-refractivity contribution is 0.0381. The van der Waals surface area contributed by atoms with E-state index in [1.165, 1.54) is 0 Å². The molecule has 1 fully saturated rings. The molecule has 1 unspecified atom stereocenters. The summed E-state index contributed by atoms with van der Waals surface area (Å²) >= 11 is 6.22. The Kier molecular flexibility index (Phi) is 6.07. The van der Waals surface area contributed by atoms with Gasteiger partial charge in [-0.05, 0) is 31.0 Å². The van der Waals surface area contributed by atoms with Crippen LogP contribution in [0.3, 0.4) is 0 Å². The van der Waals surface area contributed by atoms with E-state index < -0.39 is 0 Å². The Hall–Kier alpha value is -0.840. The number of hydrogen-bond donors (Lipinski definition) is 1. The quantitative estimate of drug-likeness (QED) is 0.819. The van der Waals surface area contributed by atoms with E-state index in [-0.39, 0.29) is 0 Å². The van der Waals surface area contributed by atoms with Crippen LogP contribution in [0.25, 0.3) is 0 Å². The monoisotopic (exact) mass is 297 g/mol.